The first-order chi connectivity index (χ1) is 9.88. The van der Waals surface area contributed by atoms with Crippen molar-refractivity contribution in [3.63, 3.8) is 0 Å². The molecule has 21 heavy (non-hydrogen) atoms. The Bertz CT molecular complexity index is 732. The molecule has 0 unspecified atom stereocenters. The number of halogens is 1. The minimum atomic E-state index is -1.20. The second-order valence-corrected chi connectivity index (χ2v) is 4.52. The topological polar surface area (TPSA) is 103 Å². The van der Waals surface area contributed by atoms with Crippen molar-refractivity contribution in [3.8, 4) is 11.6 Å². The van der Waals surface area contributed by atoms with E-state index >= 15 is 0 Å². The number of rotatable bonds is 4. The van der Waals surface area contributed by atoms with Crippen LogP contribution in [0.5, 0.6) is 11.6 Å². The smallest absolute Gasteiger partial charge is 0.337 e. The molecule has 1 N–H and O–H groups in total. The van der Waals surface area contributed by atoms with Crippen LogP contribution in [0.3, 0.4) is 0 Å². The zero-order valence-corrected chi connectivity index (χ0v) is 11.5. The van der Waals surface area contributed by atoms with Crippen molar-refractivity contribution >= 4 is 23.3 Å². The number of benzene rings is 1. The number of hydrogen-bond acceptors (Lipinski definition) is 5. The average Bonchev–Trinajstić information content (AvgIpc) is 2.42. The van der Waals surface area contributed by atoms with Crippen molar-refractivity contribution in [2.45, 2.75) is 6.92 Å². The molecule has 0 radical (unpaired) electrons. The molecule has 2 aromatic rings. The summed E-state index contributed by atoms with van der Waals surface area (Å²) < 4.78 is 5.43. The van der Waals surface area contributed by atoms with Crippen LogP contribution in [0.1, 0.15) is 15.9 Å². The van der Waals surface area contributed by atoms with Crippen LogP contribution in [-0.4, -0.2) is 21.0 Å². The standard InChI is InChI=1S/C13H9ClN2O5/c1-7-4-8(16(19)20)2-3-11(7)21-12-5-9(13(17)18)10(14)6-15-12/h2-6H,1H3,(H,17,18). The van der Waals surface area contributed by atoms with Crippen LogP contribution in [-0.2, 0) is 0 Å². The molecule has 0 fully saturated rings. The first-order valence-corrected chi connectivity index (χ1v) is 6.08. The summed E-state index contributed by atoms with van der Waals surface area (Å²) in [6.07, 6.45) is 1.17. The van der Waals surface area contributed by atoms with Crippen molar-refractivity contribution < 1.29 is 19.6 Å². The molecule has 1 aromatic carbocycles. The number of nitro benzene ring substituents is 1. The fourth-order valence-electron chi connectivity index (χ4n) is 1.61. The molecule has 1 heterocycles. The van der Waals surface area contributed by atoms with Gasteiger partial charge in [0, 0.05) is 18.2 Å². The van der Waals surface area contributed by atoms with Crippen molar-refractivity contribution in [1.29, 1.82) is 0 Å². The lowest BCUT2D eigenvalue weighted by Gasteiger charge is -2.08. The highest BCUT2D eigenvalue weighted by molar-refractivity contribution is 6.33. The van der Waals surface area contributed by atoms with E-state index in [2.05, 4.69) is 4.98 Å². The van der Waals surface area contributed by atoms with E-state index in [1.807, 2.05) is 0 Å². The summed E-state index contributed by atoms with van der Waals surface area (Å²) in [5.74, 6) is -0.826. The predicted octanol–water partition coefficient (Wildman–Crippen LogP) is 3.44. The number of nitrogens with zero attached hydrogens (tertiary/aromatic N) is 2. The molecule has 0 amide bonds. The summed E-state index contributed by atoms with van der Waals surface area (Å²) in [5, 5.41) is 19.6. The molecule has 7 nitrogen and oxygen atoms in total. The van der Waals surface area contributed by atoms with E-state index in [1.165, 1.54) is 30.5 Å². The lowest BCUT2D eigenvalue weighted by molar-refractivity contribution is -0.384. The second-order valence-electron chi connectivity index (χ2n) is 4.12. The molecule has 0 bridgehead atoms. The Labute approximate surface area is 123 Å². The Kier molecular flexibility index (Phi) is 4.04. The van der Waals surface area contributed by atoms with Gasteiger partial charge in [-0.3, -0.25) is 10.1 Å². The molecule has 108 valence electrons. The van der Waals surface area contributed by atoms with Gasteiger partial charge in [0.05, 0.1) is 21.7 Å². The second kappa shape index (κ2) is 5.76. The summed E-state index contributed by atoms with van der Waals surface area (Å²) >= 11 is 5.71. The van der Waals surface area contributed by atoms with Crippen LogP contribution in [0.2, 0.25) is 5.02 Å². The van der Waals surface area contributed by atoms with Gasteiger partial charge in [0.15, 0.2) is 0 Å². The SMILES string of the molecule is Cc1cc([N+](=O)[O-])ccc1Oc1cc(C(=O)O)c(Cl)cn1. The third-order valence-corrected chi connectivity index (χ3v) is 2.95. The van der Waals surface area contributed by atoms with E-state index in [0.29, 0.717) is 11.3 Å². The van der Waals surface area contributed by atoms with Gasteiger partial charge >= 0.3 is 5.97 Å². The van der Waals surface area contributed by atoms with Crippen LogP contribution in [0.15, 0.2) is 30.5 Å². The Morgan fingerprint density at radius 1 is 1.43 bits per heavy atom. The van der Waals surface area contributed by atoms with E-state index in [9.17, 15) is 14.9 Å². The van der Waals surface area contributed by atoms with Crippen molar-refractivity contribution in [1.82, 2.24) is 4.98 Å². The number of carboxylic acid groups (broad SMARTS) is 1. The quantitative estimate of drug-likeness (QED) is 0.685. The maximum Gasteiger partial charge on any atom is 0.337 e. The normalized spacial score (nSPS) is 10.2. The zero-order chi connectivity index (χ0) is 15.6. The van der Waals surface area contributed by atoms with Gasteiger partial charge in [0.2, 0.25) is 5.88 Å². The number of pyridine rings is 1. The number of ether oxygens (including phenoxy) is 1. The third kappa shape index (κ3) is 3.26. The molecule has 0 atom stereocenters. The van der Waals surface area contributed by atoms with E-state index < -0.39 is 10.9 Å². The largest absolute Gasteiger partial charge is 0.478 e. The maximum atomic E-state index is 11.0. The van der Waals surface area contributed by atoms with Crippen molar-refractivity contribution in [2.75, 3.05) is 0 Å². The summed E-state index contributed by atoms with van der Waals surface area (Å²) in [6, 6.07) is 5.25. The van der Waals surface area contributed by atoms with Gasteiger partial charge in [0.25, 0.3) is 5.69 Å². The number of carbonyl (C=O) groups is 1. The minimum absolute atomic E-state index is 0.00438. The van der Waals surface area contributed by atoms with Gasteiger partial charge in [0.1, 0.15) is 5.75 Å². The predicted molar refractivity (Wildman–Crippen MR) is 74.1 cm³/mol. The van der Waals surface area contributed by atoms with E-state index in [-0.39, 0.29) is 22.2 Å². The lowest BCUT2D eigenvalue weighted by atomic mass is 10.2. The van der Waals surface area contributed by atoms with E-state index in [0.717, 1.165) is 0 Å². The number of non-ortho nitro benzene ring substituents is 1. The van der Waals surface area contributed by atoms with Gasteiger partial charge in [-0.1, -0.05) is 11.6 Å². The van der Waals surface area contributed by atoms with Gasteiger partial charge in [-0.2, -0.15) is 0 Å². The minimum Gasteiger partial charge on any atom is -0.478 e. The van der Waals surface area contributed by atoms with Gasteiger partial charge in [-0.25, -0.2) is 9.78 Å². The number of carboxylic acids is 1. The number of nitro groups is 1. The Morgan fingerprint density at radius 2 is 2.14 bits per heavy atom. The first kappa shape index (κ1) is 14.7. The summed E-state index contributed by atoms with van der Waals surface area (Å²) in [6.45, 7) is 1.64. The molecule has 1 aromatic heterocycles. The Hall–Kier alpha value is -2.67. The third-order valence-electron chi connectivity index (χ3n) is 2.64. The van der Waals surface area contributed by atoms with Crippen LogP contribution in [0.25, 0.3) is 0 Å². The van der Waals surface area contributed by atoms with Crippen LogP contribution in [0, 0.1) is 17.0 Å². The number of aromatic nitrogens is 1. The molecule has 2 rings (SSSR count). The van der Waals surface area contributed by atoms with Crippen molar-refractivity contribution in [3.05, 3.63) is 56.7 Å². The first-order valence-electron chi connectivity index (χ1n) is 5.70. The zero-order valence-electron chi connectivity index (χ0n) is 10.7. The van der Waals surface area contributed by atoms with Gasteiger partial charge in [-0.15, -0.1) is 0 Å². The molecule has 0 saturated carbocycles. The molecule has 0 aliphatic carbocycles. The summed E-state index contributed by atoms with van der Waals surface area (Å²) in [5.41, 5.74) is 0.328. The number of aryl methyl sites for hydroxylation is 1. The number of aromatic carboxylic acids is 1. The lowest BCUT2D eigenvalue weighted by Crippen LogP contribution is -2.00. The van der Waals surface area contributed by atoms with Gasteiger partial charge in [-0.05, 0) is 18.6 Å². The van der Waals surface area contributed by atoms with Crippen LogP contribution >= 0.6 is 11.6 Å². The average molecular weight is 309 g/mol. The van der Waals surface area contributed by atoms with Gasteiger partial charge < -0.3 is 9.84 Å². The van der Waals surface area contributed by atoms with E-state index in [4.69, 9.17) is 21.4 Å². The maximum absolute atomic E-state index is 11.0. The van der Waals surface area contributed by atoms with Crippen LogP contribution in [0.4, 0.5) is 5.69 Å². The monoisotopic (exact) mass is 308 g/mol. The summed E-state index contributed by atoms with van der Waals surface area (Å²) in [7, 11) is 0. The highest BCUT2D eigenvalue weighted by atomic mass is 35.5. The van der Waals surface area contributed by atoms with E-state index in [1.54, 1.807) is 6.92 Å². The molecule has 0 saturated heterocycles. The highest BCUT2D eigenvalue weighted by Gasteiger charge is 2.13. The van der Waals surface area contributed by atoms with Crippen molar-refractivity contribution in [2.24, 2.45) is 0 Å². The molecule has 0 aliphatic rings. The summed E-state index contributed by atoms with van der Waals surface area (Å²) in [4.78, 5) is 25.0. The molecule has 0 spiro atoms. The molecule has 0 aliphatic heterocycles. The Balaban J connectivity index is 2.32. The molecular formula is C13H9ClN2O5. The fourth-order valence-corrected chi connectivity index (χ4v) is 1.80. The number of hydrogen-bond donors (Lipinski definition) is 1. The molecular weight excluding hydrogens is 300 g/mol. The van der Waals surface area contributed by atoms with Crippen LogP contribution < -0.4 is 4.74 Å². The highest BCUT2D eigenvalue weighted by Crippen LogP contribution is 2.28. The fraction of sp³-hybridized carbons (Fsp3) is 0.0769. The molecule has 8 heteroatoms. The Morgan fingerprint density at radius 3 is 2.71 bits per heavy atom.